The van der Waals surface area contributed by atoms with E-state index in [1.807, 2.05) is 53.4 Å². The molecule has 0 bridgehead atoms. The van der Waals surface area contributed by atoms with Gasteiger partial charge in [0, 0.05) is 16.7 Å². The summed E-state index contributed by atoms with van der Waals surface area (Å²) >= 11 is 3.43. The van der Waals surface area contributed by atoms with Crippen molar-refractivity contribution in [3.05, 3.63) is 64.1 Å². The molecule has 128 valence electrons. The van der Waals surface area contributed by atoms with Crippen LogP contribution in [0.15, 0.2) is 53.0 Å². The number of hydrogen-bond acceptors (Lipinski definition) is 3. The maximum absolute atomic E-state index is 12.5. The van der Waals surface area contributed by atoms with Gasteiger partial charge in [-0.3, -0.25) is 4.79 Å². The standard InChI is InChI=1S/C18H19BrN2O2.ClH/c19-15-5-3-14(4-6-15)17-12-21(9-10-23-17)18(22)11-13-1-7-16(20)8-2-13;/h1-8,17H,9-12,20H2;1H. The van der Waals surface area contributed by atoms with Gasteiger partial charge in [0.1, 0.15) is 6.10 Å². The van der Waals surface area contributed by atoms with Crippen LogP contribution in [0, 0.1) is 0 Å². The van der Waals surface area contributed by atoms with Crippen molar-refractivity contribution in [2.24, 2.45) is 0 Å². The van der Waals surface area contributed by atoms with Crippen molar-refractivity contribution in [2.45, 2.75) is 12.5 Å². The molecule has 0 aliphatic carbocycles. The molecular formula is C18H20BrClN2O2. The van der Waals surface area contributed by atoms with Gasteiger partial charge in [0.15, 0.2) is 0 Å². The number of nitrogens with two attached hydrogens (primary N) is 1. The Balaban J connectivity index is 0.00000208. The van der Waals surface area contributed by atoms with E-state index >= 15 is 0 Å². The second-order valence-corrected chi connectivity index (χ2v) is 6.58. The van der Waals surface area contributed by atoms with E-state index in [9.17, 15) is 4.79 Å². The summed E-state index contributed by atoms with van der Waals surface area (Å²) in [6.07, 6.45) is 0.333. The van der Waals surface area contributed by atoms with Gasteiger partial charge in [0.05, 0.1) is 19.6 Å². The minimum atomic E-state index is -0.0628. The number of hydrogen-bond donors (Lipinski definition) is 1. The number of halogens is 2. The van der Waals surface area contributed by atoms with Crippen molar-refractivity contribution in [1.29, 1.82) is 0 Å². The van der Waals surface area contributed by atoms with Crippen molar-refractivity contribution in [3.63, 3.8) is 0 Å². The number of morpholine rings is 1. The van der Waals surface area contributed by atoms with Gasteiger partial charge in [0.2, 0.25) is 5.91 Å². The van der Waals surface area contributed by atoms with Gasteiger partial charge in [-0.15, -0.1) is 12.4 Å². The molecule has 0 spiro atoms. The highest BCUT2D eigenvalue weighted by Gasteiger charge is 2.25. The maximum Gasteiger partial charge on any atom is 0.227 e. The molecule has 24 heavy (non-hydrogen) atoms. The van der Waals surface area contributed by atoms with E-state index in [4.69, 9.17) is 10.5 Å². The van der Waals surface area contributed by atoms with Crippen LogP contribution < -0.4 is 5.73 Å². The molecule has 0 radical (unpaired) electrons. The molecule has 1 aliphatic heterocycles. The fraction of sp³-hybridized carbons (Fsp3) is 0.278. The molecule has 1 fully saturated rings. The lowest BCUT2D eigenvalue weighted by atomic mass is 10.1. The van der Waals surface area contributed by atoms with Gasteiger partial charge in [-0.2, -0.15) is 0 Å². The average Bonchev–Trinajstić information content (AvgIpc) is 2.58. The lowest BCUT2D eigenvalue weighted by Gasteiger charge is -2.33. The van der Waals surface area contributed by atoms with Gasteiger partial charge in [0.25, 0.3) is 0 Å². The van der Waals surface area contributed by atoms with Crippen LogP contribution in [-0.2, 0) is 16.0 Å². The van der Waals surface area contributed by atoms with E-state index in [0.29, 0.717) is 31.8 Å². The zero-order valence-corrected chi connectivity index (χ0v) is 15.6. The molecule has 0 saturated carbocycles. The number of anilines is 1. The lowest BCUT2D eigenvalue weighted by molar-refractivity contribution is -0.138. The van der Waals surface area contributed by atoms with Crippen LogP contribution in [0.1, 0.15) is 17.2 Å². The van der Waals surface area contributed by atoms with E-state index in [-0.39, 0.29) is 24.4 Å². The second-order valence-electron chi connectivity index (χ2n) is 5.67. The Morgan fingerprint density at radius 3 is 2.50 bits per heavy atom. The number of nitrogens with zero attached hydrogens (tertiary/aromatic N) is 1. The zero-order chi connectivity index (χ0) is 16.2. The Bertz CT molecular complexity index is 676. The first-order valence-electron chi connectivity index (χ1n) is 7.61. The SMILES string of the molecule is Cl.Nc1ccc(CC(=O)N2CCOC(c3ccc(Br)cc3)C2)cc1. The van der Waals surface area contributed by atoms with Crippen LogP contribution in [0.25, 0.3) is 0 Å². The summed E-state index contributed by atoms with van der Waals surface area (Å²) in [5.41, 5.74) is 8.47. The zero-order valence-electron chi connectivity index (χ0n) is 13.2. The summed E-state index contributed by atoms with van der Waals surface area (Å²) in [7, 11) is 0. The molecule has 2 N–H and O–H groups in total. The third-order valence-corrected chi connectivity index (χ3v) is 4.52. The molecule has 6 heteroatoms. The second kappa shape index (κ2) is 8.51. The van der Waals surface area contributed by atoms with E-state index in [0.717, 1.165) is 15.6 Å². The van der Waals surface area contributed by atoms with Gasteiger partial charge in [-0.1, -0.05) is 40.2 Å². The fourth-order valence-corrected chi connectivity index (χ4v) is 2.94. The quantitative estimate of drug-likeness (QED) is 0.785. The molecule has 1 heterocycles. The smallest absolute Gasteiger partial charge is 0.227 e. The summed E-state index contributed by atoms with van der Waals surface area (Å²) in [4.78, 5) is 14.4. The molecule has 1 amide bonds. The van der Waals surface area contributed by atoms with E-state index in [1.54, 1.807) is 0 Å². The first-order valence-corrected chi connectivity index (χ1v) is 8.40. The first-order chi connectivity index (χ1) is 11.1. The molecular weight excluding hydrogens is 392 g/mol. The molecule has 4 nitrogen and oxygen atoms in total. The van der Waals surface area contributed by atoms with Crippen molar-refractivity contribution >= 4 is 39.9 Å². The monoisotopic (exact) mass is 410 g/mol. The number of benzene rings is 2. The number of ether oxygens (including phenoxy) is 1. The summed E-state index contributed by atoms with van der Waals surface area (Å²) < 4.78 is 6.86. The summed E-state index contributed by atoms with van der Waals surface area (Å²) in [6.45, 7) is 1.80. The normalized spacial score (nSPS) is 17.2. The van der Waals surface area contributed by atoms with Gasteiger partial charge < -0.3 is 15.4 Å². The van der Waals surface area contributed by atoms with Crippen LogP contribution in [0.3, 0.4) is 0 Å². The Kier molecular flexibility index (Phi) is 6.66. The van der Waals surface area contributed by atoms with Crippen molar-refractivity contribution in [3.8, 4) is 0 Å². The predicted octanol–water partition coefficient (Wildman–Crippen LogP) is 3.60. The Hall–Kier alpha value is -1.56. The number of nitrogen functional groups attached to an aromatic ring is 1. The van der Waals surface area contributed by atoms with Crippen LogP contribution in [-0.4, -0.2) is 30.5 Å². The highest BCUT2D eigenvalue weighted by Crippen LogP contribution is 2.24. The van der Waals surface area contributed by atoms with Gasteiger partial charge >= 0.3 is 0 Å². The van der Waals surface area contributed by atoms with Gasteiger partial charge in [-0.25, -0.2) is 0 Å². The topological polar surface area (TPSA) is 55.6 Å². The van der Waals surface area contributed by atoms with E-state index in [1.165, 1.54) is 0 Å². The van der Waals surface area contributed by atoms with Crippen molar-refractivity contribution in [2.75, 3.05) is 25.4 Å². The minimum Gasteiger partial charge on any atom is -0.399 e. The third kappa shape index (κ3) is 4.72. The molecule has 1 unspecified atom stereocenters. The molecule has 2 aromatic rings. The Labute approximate surface area is 156 Å². The minimum absolute atomic E-state index is 0. The summed E-state index contributed by atoms with van der Waals surface area (Å²) in [5.74, 6) is 0.125. The number of carbonyl (C=O) groups is 1. The molecule has 1 saturated heterocycles. The highest BCUT2D eigenvalue weighted by molar-refractivity contribution is 9.10. The first kappa shape index (κ1) is 18.8. The number of rotatable bonds is 3. The summed E-state index contributed by atoms with van der Waals surface area (Å²) in [6, 6.07) is 15.5. The Morgan fingerprint density at radius 1 is 1.17 bits per heavy atom. The molecule has 2 aromatic carbocycles. The lowest BCUT2D eigenvalue weighted by Crippen LogP contribution is -2.42. The highest BCUT2D eigenvalue weighted by atomic mass is 79.9. The largest absolute Gasteiger partial charge is 0.399 e. The van der Waals surface area contributed by atoms with Crippen LogP contribution in [0.5, 0.6) is 0 Å². The molecule has 3 rings (SSSR count). The van der Waals surface area contributed by atoms with E-state index < -0.39 is 0 Å². The predicted molar refractivity (Wildman–Crippen MR) is 101 cm³/mol. The van der Waals surface area contributed by atoms with E-state index in [2.05, 4.69) is 15.9 Å². The number of amides is 1. The van der Waals surface area contributed by atoms with Crippen LogP contribution >= 0.6 is 28.3 Å². The molecule has 1 aliphatic rings. The van der Waals surface area contributed by atoms with Gasteiger partial charge in [-0.05, 0) is 35.4 Å². The van der Waals surface area contributed by atoms with Crippen LogP contribution in [0.4, 0.5) is 5.69 Å². The molecule has 0 aromatic heterocycles. The van der Waals surface area contributed by atoms with Crippen molar-refractivity contribution < 1.29 is 9.53 Å². The van der Waals surface area contributed by atoms with Crippen molar-refractivity contribution in [1.82, 2.24) is 4.90 Å². The third-order valence-electron chi connectivity index (χ3n) is 4.00. The van der Waals surface area contributed by atoms with Crippen LogP contribution in [0.2, 0.25) is 0 Å². The number of carbonyl (C=O) groups excluding carboxylic acids is 1. The molecule has 1 atom stereocenters. The average molecular weight is 412 g/mol. The maximum atomic E-state index is 12.5. The Morgan fingerprint density at radius 2 is 1.83 bits per heavy atom. The fourth-order valence-electron chi connectivity index (χ4n) is 2.68. The summed E-state index contributed by atoms with van der Waals surface area (Å²) in [5, 5.41) is 0.